The van der Waals surface area contributed by atoms with E-state index in [1.807, 2.05) is 6.92 Å². The van der Waals surface area contributed by atoms with Crippen LogP contribution >= 0.6 is 0 Å². The van der Waals surface area contributed by atoms with Gasteiger partial charge in [-0.05, 0) is 19.1 Å². The van der Waals surface area contributed by atoms with E-state index >= 15 is 0 Å². The fourth-order valence-electron chi connectivity index (χ4n) is 1.06. The molecule has 1 rings (SSSR count). The van der Waals surface area contributed by atoms with E-state index < -0.39 is 11.7 Å². The zero-order valence-electron chi connectivity index (χ0n) is 8.79. The van der Waals surface area contributed by atoms with Crippen LogP contribution in [0.25, 0.3) is 0 Å². The topological polar surface area (TPSA) is 38.3 Å². The van der Waals surface area contributed by atoms with Gasteiger partial charge in [-0.25, -0.2) is 4.39 Å². The smallest absolute Gasteiger partial charge is 0.254 e. The Balaban J connectivity index is 2.58. The van der Waals surface area contributed by atoms with E-state index in [0.717, 1.165) is 0 Å². The second-order valence-electron chi connectivity index (χ2n) is 3.24. The lowest BCUT2D eigenvalue weighted by atomic mass is 10.2. The number of nitrogens with one attached hydrogen (secondary N) is 1. The molecule has 3 nitrogen and oxygen atoms in total. The number of ether oxygens (including phenoxy) is 1. The van der Waals surface area contributed by atoms with Crippen LogP contribution in [-0.2, 0) is 4.74 Å². The first-order valence-corrected chi connectivity index (χ1v) is 4.70. The number of halogens is 1. The van der Waals surface area contributed by atoms with Crippen LogP contribution in [0.5, 0.6) is 0 Å². The van der Waals surface area contributed by atoms with E-state index in [0.29, 0.717) is 6.54 Å². The minimum absolute atomic E-state index is 0.0563. The molecule has 1 aromatic rings. The Bertz CT molecular complexity index is 341. The van der Waals surface area contributed by atoms with Gasteiger partial charge in [-0.2, -0.15) is 0 Å². The average Bonchev–Trinajstić information content (AvgIpc) is 2.26. The number of amides is 1. The molecule has 0 heterocycles. The van der Waals surface area contributed by atoms with Crippen molar-refractivity contribution in [1.82, 2.24) is 5.32 Å². The summed E-state index contributed by atoms with van der Waals surface area (Å²) < 4.78 is 18.1. The van der Waals surface area contributed by atoms with E-state index in [-0.39, 0.29) is 11.7 Å². The molecule has 82 valence electrons. The van der Waals surface area contributed by atoms with Gasteiger partial charge >= 0.3 is 0 Å². The number of carbonyl (C=O) groups excluding carboxylic acids is 1. The number of rotatable bonds is 4. The van der Waals surface area contributed by atoms with Crippen LogP contribution in [-0.4, -0.2) is 25.7 Å². The van der Waals surface area contributed by atoms with Crippen molar-refractivity contribution >= 4 is 5.91 Å². The molecule has 0 saturated carbocycles. The summed E-state index contributed by atoms with van der Waals surface area (Å²) in [6, 6.07) is 5.87. The van der Waals surface area contributed by atoms with Crippen LogP contribution in [0.4, 0.5) is 4.39 Å². The van der Waals surface area contributed by atoms with E-state index in [1.54, 1.807) is 19.2 Å². The Kier molecular flexibility index (Phi) is 4.24. The van der Waals surface area contributed by atoms with Gasteiger partial charge in [0.2, 0.25) is 0 Å². The highest BCUT2D eigenvalue weighted by Gasteiger charge is 2.10. The number of benzene rings is 1. The summed E-state index contributed by atoms with van der Waals surface area (Å²) in [5.74, 6) is -0.933. The van der Waals surface area contributed by atoms with Gasteiger partial charge in [0.05, 0.1) is 11.7 Å². The standard InChI is InChI=1S/C11H14FNO2/c1-8(15-2)7-13-11(14)9-5-3-4-6-10(9)12/h3-6,8H,7H2,1-2H3,(H,13,14). The first-order valence-electron chi connectivity index (χ1n) is 4.70. The Labute approximate surface area is 88.2 Å². The maximum atomic E-state index is 13.2. The van der Waals surface area contributed by atoms with Crippen molar-refractivity contribution in [2.24, 2.45) is 0 Å². The van der Waals surface area contributed by atoms with Gasteiger partial charge in [0, 0.05) is 13.7 Å². The lowest BCUT2D eigenvalue weighted by Crippen LogP contribution is -2.32. The highest BCUT2D eigenvalue weighted by molar-refractivity contribution is 5.94. The Morgan fingerprint density at radius 2 is 2.20 bits per heavy atom. The molecule has 0 radical (unpaired) electrons. The van der Waals surface area contributed by atoms with Crippen molar-refractivity contribution in [2.75, 3.05) is 13.7 Å². The predicted octanol–water partition coefficient (Wildman–Crippen LogP) is 1.59. The van der Waals surface area contributed by atoms with Gasteiger partial charge in [0.1, 0.15) is 5.82 Å². The van der Waals surface area contributed by atoms with Gasteiger partial charge in [-0.1, -0.05) is 12.1 Å². The second-order valence-corrected chi connectivity index (χ2v) is 3.24. The maximum absolute atomic E-state index is 13.2. The zero-order chi connectivity index (χ0) is 11.3. The number of hydrogen-bond acceptors (Lipinski definition) is 2. The zero-order valence-corrected chi connectivity index (χ0v) is 8.79. The monoisotopic (exact) mass is 211 g/mol. The highest BCUT2D eigenvalue weighted by Crippen LogP contribution is 2.05. The van der Waals surface area contributed by atoms with Crippen molar-refractivity contribution in [3.63, 3.8) is 0 Å². The Morgan fingerprint density at radius 1 is 1.53 bits per heavy atom. The molecule has 1 amide bonds. The molecule has 1 aromatic carbocycles. The summed E-state index contributed by atoms with van der Waals surface area (Å²) in [6.07, 6.45) is -0.0827. The molecule has 0 aliphatic carbocycles. The van der Waals surface area contributed by atoms with Gasteiger partial charge < -0.3 is 10.1 Å². The van der Waals surface area contributed by atoms with E-state index in [2.05, 4.69) is 5.32 Å². The third-order valence-electron chi connectivity index (χ3n) is 2.07. The number of methoxy groups -OCH3 is 1. The summed E-state index contributed by atoms with van der Waals surface area (Å²) in [6.45, 7) is 2.19. The van der Waals surface area contributed by atoms with E-state index in [9.17, 15) is 9.18 Å². The molecule has 1 unspecified atom stereocenters. The fraction of sp³-hybridized carbons (Fsp3) is 0.364. The summed E-state index contributed by atoms with van der Waals surface area (Å²) in [5, 5.41) is 2.59. The van der Waals surface area contributed by atoms with Crippen LogP contribution in [0.15, 0.2) is 24.3 Å². The quantitative estimate of drug-likeness (QED) is 0.821. The van der Waals surface area contributed by atoms with Crippen LogP contribution < -0.4 is 5.32 Å². The van der Waals surface area contributed by atoms with Crippen molar-refractivity contribution in [3.05, 3.63) is 35.6 Å². The third kappa shape index (κ3) is 3.32. The maximum Gasteiger partial charge on any atom is 0.254 e. The van der Waals surface area contributed by atoms with E-state index in [4.69, 9.17) is 4.74 Å². The van der Waals surface area contributed by atoms with Gasteiger partial charge in [-0.15, -0.1) is 0 Å². The summed E-state index contributed by atoms with van der Waals surface area (Å²) in [4.78, 5) is 11.5. The van der Waals surface area contributed by atoms with Crippen LogP contribution in [0.2, 0.25) is 0 Å². The Morgan fingerprint density at radius 3 is 2.80 bits per heavy atom. The first kappa shape index (κ1) is 11.7. The first-order chi connectivity index (χ1) is 7.15. The van der Waals surface area contributed by atoms with Gasteiger partial charge in [0.15, 0.2) is 0 Å². The molecule has 15 heavy (non-hydrogen) atoms. The Hall–Kier alpha value is -1.42. The third-order valence-corrected chi connectivity index (χ3v) is 2.07. The lowest BCUT2D eigenvalue weighted by molar-refractivity contribution is 0.0867. The predicted molar refractivity (Wildman–Crippen MR) is 55.2 cm³/mol. The SMILES string of the molecule is COC(C)CNC(=O)c1ccccc1F. The number of hydrogen-bond donors (Lipinski definition) is 1. The summed E-state index contributed by atoms with van der Waals surface area (Å²) in [5.41, 5.74) is 0.0563. The van der Waals surface area contributed by atoms with Crippen LogP contribution in [0.1, 0.15) is 17.3 Å². The average molecular weight is 211 g/mol. The molecule has 0 spiro atoms. The minimum Gasteiger partial charge on any atom is -0.380 e. The molecule has 0 bridgehead atoms. The van der Waals surface area contributed by atoms with Crippen LogP contribution in [0, 0.1) is 5.82 Å². The number of carbonyl (C=O) groups is 1. The van der Waals surface area contributed by atoms with Crippen LogP contribution in [0.3, 0.4) is 0 Å². The molecule has 4 heteroatoms. The summed E-state index contributed by atoms with van der Waals surface area (Å²) >= 11 is 0. The molecular formula is C11H14FNO2. The minimum atomic E-state index is -0.514. The van der Waals surface area contributed by atoms with Gasteiger partial charge in [-0.3, -0.25) is 4.79 Å². The fourth-order valence-corrected chi connectivity index (χ4v) is 1.06. The highest BCUT2D eigenvalue weighted by atomic mass is 19.1. The molecule has 0 saturated heterocycles. The normalized spacial score (nSPS) is 12.2. The molecular weight excluding hydrogens is 197 g/mol. The molecule has 1 N–H and O–H groups in total. The second kappa shape index (κ2) is 5.46. The lowest BCUT2D eigenvalue weighted by Gasteiger charge is -2.10. The van der Waals surface area contributed by atoms with Crippen molar-refractivity contribution in [2.45, 2.75) is 13.0 Å². The molecule has 0 aromatic heterocycles. The van der Waals surface area contributed by atoms with Crippen molar-refractivity contribution in [3.8, 4) is 0 Å². The van der Waals surface area contributed by atoms with E-state index in [1.165, 1.54) is 12.1 Å². The molecule has 0 aliphatic rings. The van der Waals surface area contributed by atoms with Crippen molar-refractivity contribution < 1.29 is 13.9 Å². The molecule has 0 aliphatic heterocycles. The van der Waals surface area contributed by atoms with Crippen molar-refractivity contribution in [1.29, 1.82) is 0 Å². The van der Waals surface area contributed by atoms with Gasteiger partial charge in [0.25, 0.3) is 5.91 Å². The molecule has 0 fully saturated rings. The molecule has 1 atom stereocenters. The summed E-state index contributed by atoms with van der Waals surface area (Å²) in [7, 11) is 1.56. The largest absolute Gasteiger partial charge is 0.380 e.